The number of anilines is 1. The van der Waals surface area contributed by atoms with Crippen LogP contribution in [0.4, 0.5) is 5.13 Å². The lowest BCUT2D eigenvalue weighted by Crippen LogP contribution is -2.15. The smallest absolute Gasteiger partial charge is 0.183 e. The van der Waals surface area contributed by atoms with Crippen molar-refractivity contribution >= 4 is 36.5 Å². The Morgan fingerprint density at radius 2 is 2.32 bits per heavy atom. The summed E-state index contributed by atoms with van der Waals surface area (Å²) in [7, 11) is -2.79. The summed E-state index contributed by atoms with van der Waals surface area (Å²) >= 11 is 1.62. The van der Waals surface area contributed by atoms with Gasteiger partial charge >= 0.3 is 0 Å². The molecule has 0 amide bonds. The van der Waals surface area contributed by atoms with Gasteiger partial charge < -0.3 is 5.32 Å². The molecule has 2 aromatic rings. The molecule has 0 saturated carbocycles. The summed E-state index contributed by atoms with van der Waals surface area (Å²) in [5.41, 5.74) is 2.21. The molecule has 1 fully saturated rings. The summed E-state index contributed by atoms with van der Waals surface area (Å²) in [6.07, 6.45) is 0.763. The van der Waals surface area contributed by atoms with Crippen molar-refractivity contribution in [2.75, 3.05) is 23.4 Å². The van der Waals surface area contributed by atoms with Gasteiger partial charge in [0.05, 0.1) is 21.7 Å². The van der Waals surface area contributed by atoms with Crippen LogP contribution in [0, 0.1) is 12.8 Å². The summed E-state index contributed by atoms with van der Waals surface area (Å²) in [6.45, 7) is 2.74. The predicted molar refractivity (Wildman–Crippen MR) is 79.6 cm³/mol. The van der Waals surface area contributed by atoms with Gasteiger partial charge in [0.15, 0.2) is 15.0 Å². The van der Waals surface area contributed by atoms with Crippen molar-refractivity contribution in [1.82, 2.24) is 4.98 Å². The van der Waals surface area contributed by atoms with Crippen molar-refractivity contribution < 1.29 is 8.42 Å². The number of rotatable bonds is 3. The molecule has 1 aromatic carbocycles. The van der Waals surface area contributed by atoms with Crippen LogP contribution in [0.15, 0.2) is 18.2 Å². The fourth-order valence-electron chi connectivity index (χ4n) is 2.38. The number of sulfone groups is 1. The van der Waals surface area contributed by atoms with Crippen molar-refractivity contribution in [2.24, 2.45) is 5.92 Å². The number of hydrogen-bond donors (Lipinski definition) is 1. The van der Waals surface area contributed by atoms with E-state index in [1.807, 2.05) is 0 Å². The second-order valence-electron chi connectivity index (χ2n) is 5.14. The van der Waals surface area contributed by atoms with Gasteiger partial charge in [0.25, 0.3) is 0 Å². The average molecular weight is 296 g/mol. The van der Waals surface area contributed by atoms with Crippen molar-refractivity contribution in [2.45, 2.75) is 13.3 Å². The van der Waals surface area contributed by atoms with E-state index >= 15 is 0 Å². The zero-order valence-electron chi connectivity index (χ0n) is 10.7. The molecule has 1 saturated heterocycles. The van der Waals surface area contributed by atoms with Crippen LogP contribution in [0.25, 0.3) is 10.2 Å². The Kier molecular flexibility index (Phi) is 3.22. The monoisotopic (exact) mass is 296 g/mol. The van der Waals surface area contributed by atoms with Crippen LogP contribution in [-0.4, -0.2) is 31.5 Å². The molecule has 1 atom stereocenters. The van der Waals surface area contributed by atoms with Gasteiger partial charge in [-0.3, -0.25) is 0 Å². The van der Waals surface area contributed by atoms with Gasteiger partial charge in [0.2, 0.25) is 0 Å². The Balaban J connectivity index is 1.69. The summed E-state index contributed by atoms with van der Waals surface area (Å²) in [6, 6.07) is 6.22. The lowest BCUT2D eigenvalue weighted by atomic mass is 10.1. The van der Waals surface area contributed by atoms with E-state index in [9.17, 15) is 8.42 Å². The second kappa shape index (κ2) is 4.76. The van der Waals surface area contributed by atoms with Gasteiger partial charge in [-0.05, 0) is 37.0 Å². The lowest BCUT2D eigenvalue weighted by Gasteiger charge is -2.07. The Morgan fingerprint density at radius 1 is 1.47 bits per heavy atom. The maximum atomic E-state index is 11.4. The largest absolute Gasteiger partial charge is 0.361 e. The van der Waals surface area contributed by atoms with Crippen LogP contribution in [0.5, 0.6) is 0 Å². The third-order valence-electron chi connectivity index (χ3n) is 3.41. The third kappa shape index (κ3) is 2.90. The summed E-state index contributed by atoms with van der Waals surface area (Å²) < 4.78 is 23.9. The van der Waals surface area contributed by atoms with Crippen LogP contribution >= 0.6 is 11.3 Å². The number of fused-ring (bicyclic) bond motifs is 1. The predicted octanol–water partition coefficient (Wildman–Crippen LogP) is 2.45. The van der Waals surface area contributed by atoms with Crippen LogP contribution in [0.3, 0.4) is 0 Å². The van der Waals surface area contributed by atoms with Gasteiger partial charge in [-0.1, -0.05) is 17.4 Å². The van der Waals surface area contributed by atoms with Crippen LogP contribution in [0.2, 0.25) is 0 Å². The van der Waals surface area contributed by atoms with Crippen molar-refractivity contribution in [3.63, 3.8) is 0 Å². The fraction of sp³-hybridized carbons (Fsp3) is 0.462. The van der Waals surface area contributed by atoms with Gasteiger partial charge in [-0.15, -0.1) is 0 Å². The third-order valence-corrected chi connectivity index (χ3v) is 6.24. The molecular weight excluding hydrogens is 280 g/mol. The SMILES string of the molecule is Cc1ccc2sc(NCC3CCS(=O)(=O)C3)nc2c1. The first-order chi connectivity index (χ1) is 9.02. The molecule has 3 rings (SSSR count). The van der Waals surface area contributed by atoms with Crippen LogP contribution < -0.4 is 5.32 Å². The van der Waals surface area contributed by atoms with E-state index in [2.05, 4.69) is 35.4 Å². The Bertz CT molecular complexity index is 707. The topological polar surface area (TPSA) is 59.1 Å². The molecule has 0 aliphatic carbocycles. The molecule has 0 radical (unpaired) electrons. The number of nitrogens with one attached hydrogen (secondary N) is 1. The number of hydrogen-bond acceptors (Lipinski definition) is 5. The van der Waals surface area contributed by atoms with E-state index < -0.39 is 9.84 Å². The molecular formula is C13H16N2O2S2. The van der Waals surface area contributed by atoms with Crippen LogP contribution in [-0.2, 0) is 9.84 Å². The van der Waals surface area contributed by atoms with Crippen LogP contribution in [0.1, 0.15) is 12.0 Å². The van der Waals surface area contributed by atoms with Crippen molar-refractivity contribution in [1.29, 1.82) is 0 Å². The highest BCUT2D eigenvalue weighted by Crippen LogP contribution is 2.27. The number of aryl methyl sites for hydroxylation is 1. The minimum Gasteiger partial charge on any atom is -0.361 e. The van der Waals surface area contributed by atoms with E-state index in [1.165, 1.54) is 5.56 Å². The highest BCUT2D eigenvalue weighted by molar-refractivity contribution is 7.91. The molecule has 0 bridgehead atoms. The second-order valence-corrected chi connectivity index (χ2v) is 8.40. The Hall–Kier alpha value is -1.14. The van der Waals surface area contributed by atoms with E-state index in [4.69, 9.17) is 0 Å². The molecule has 1 aromatic heterocycles. The zero-order chi connectivity index (χ0) is 13.5. The van der Waals surface area contributed by atoms with Crippen molar-refractivity contribution in [3.05, 3.63) is 23.8 Å². The highest BCUT2D eigenvalue weighted by Gasteiger charge is 2.27. The molecule has 19 heavy (non-hydrogen) atoms. The maximum absolute atomic E-state index is 11.4. The maximum Gasteiger partial charge on any atom is 0.183 e. The van der Waals surface area contributed by atoms with E-state index in [-0.39, 0.29) is 5.92 Å². The Morgan fingerprint density at radius 3 is 3.05 bits per heavy atom. The minimum atomic E-state index is -2.79. The zero-order valence-corrected chi connectivity index (χ0v) is 12.4. The van der Waals surface area contributed by atoms with Crippen molar-refractivity contribution in [3.8, 4) is 0 Å². The van der Waals surface area contributed by atoms with E-state index in [1.54, 1.807) is 11.3 Å². The minimum absolute atomic E-state index is 0.221. The van der Waals surface area contributed by atoms with Gasteiger partial charge in [0.1, 0.15) is 0 Å². The quantitative estimate of drug-likeness (QED) is 0.945. The Labute approximate surface area is 116 Å². The average Bonchev–Trinajstić information content (AvgIpc) is 2.89. The van der Waals surface area contributed by atoms with E-state index in [0.29, 0.717) is 18.1 Å². The summed E-state index contributed by atoms with van der Waals surface area (Å²) in [5, 5.41) is 4.16. The molecule has 6 heteroatoms. The first-order valence-electron chi connectivity index (χ1n) is 6.33. The number of aromatic nitrogens is 1. The van der Waals surface area contributed by atoms with Gasteiger partial charge in [-0.25, -0.2) is 13.4 Å². The molecule has 1 N–H and O–H groups in total. The number of thiazole rings is 1. The fourth-order valence-corrected chi connectivity index (χ4v) is 5.09. The number of nitrogens with zero attached hydrogens (tertiary/aromatic N) is 1. The molecule has 2 heterocycles. The molecule has 102 valence electrons. The molecule has 1 unspecified atom stereocenters. The number of benzene rings is 1. The normalized spacial score (nSPS) is 21.8. The standard InChI is InChI=1S/C13H16N2O2S2/c1-9-2-3-12-11(6-9)15-13(18-12)14-7-10-4-5-19(16,17)8-10/h2-3,6,10H,4-5,7-8H2,1H3,(H,14,15). The molecule has 1 aliphatic rings. The molecule has 1 aliphatic heterocycles. The molecule has 4 nitrogen and oxygen atoms in total. The molecule has 0 spiro atoms. The first kappa shape index (κ1) is 12.9. The lowest BCUT2D eigenvalue weighted by molar-refractivity contribution is 0.596. The summed E-state index contributed by atoms with van der Waals surface area (Å²) in [4.78, 5) is 4.53. The van der Waals surface area contributed by atoms with Gasteiger partial charge in [0, 0.05) is 6.54 Å². The van der Waals surface area contributed by atoms with E-state index in [0.717, 1.165) is 21.8 Å². The first-order valence-corrected chi connectivity index (χ1v) is 8.97. The highest BCUT2D eigenvalue weighted by atomic mass is 32.2. The van der Waals surface area contributed by atoms with Gasteiger partial charge in [-0.2, -0.15) is 0 Å². The summed E-state index contributed by atoms with van der Waals surface area (Å²) in [5.74, 6) is 0.862.